The molecule has 1 aliphatic carbocycles. The number of hydrogen-bond acceptors (Lipinski definition) is 3. The van der Waals surface area contributed by atoms with E-state index in [9.17, 15) is 9.18 Å². The monoisotopic (exact) mass is 404 g/mol. The van der Waals surface area contributed by atoms with Crippen molar-refractivity contribution in [2.24, 2.45) is 17.6 Å². The lowest BCUT2D eigenvalue weighted by Crippen LogP contribution is -2.30. The van der Waals surface area contributed by atoms with Crippen LogP contribution in [0.15, 0.2) is 42.5 Å². The number of amides is 1. The van der Waals surface area contributed by atoms with Gasteiger partial charge in [-0.1, -0.05) is 18.6 Å². The Kier molecular flexibility index (Phi) is 6.57. The van der Waals surface area contributed by atoms with Gasteiger partial charge in [-0.2, -0.15) is 0 Å². The topological polar surface area (TPSA) is 55.6 Å². The Hall–Kier alpha value is -2.11. The fraction of sp³-hybridized carbons (Fsp3) is 0.409. The summed E-state index contributed by atoms with van der Waals surface area (Å²) in [7, 11) is 0. The summed E-state index contributed by atoms with van der Waals surface area (Å²) in [5.74, 6) is 1.56. The molecule has 6 heteroatoms. The van der Waals surface area contributed by atoms with Crippen LogP contribution in [0.5, 0.6) is 11.5 Å². The van der Waals surface area contributed by atoms with Gasteiger partial charge in [-0.3, -0.25) is 4.79 Å². The zero-order valence-electron chi connectivity index (χ0n) is 15.8. The summed E-state index contributed by atoms with van der Waals surface area (Å²) >= 11 is 0. The van der Waals surface area contributed by atoms with E-state index in [4.69, 9.17) is 10.5 Å². The van der Waals surface area contributed by atoms with Crippen LogP contribution in [0.2, 0.25) is 0 Å². The number of likely N-dealkylation sites (tertiary alicyclic amines) is 1. The number of benzene rings is 2. The van der Waals surface area contributed by atoms with Gasteiger partial charge in [-0.05, 0) is 73.5 Å². The molecule has 1 heterocycles. The number of carbonyl (C=O) groups excluding carboxylic acids is 1. The van der Waals surface area contributed by atoms with Gasteiger partial charge in [0.25, 0.3) is 5.91 Å². The minimum Gasteiger partial charge on any atom is -0.457 e. The molecule has 1 amide bonds. The maximum atomic E-state index is 14.3. The molecule has 0 radical (unpaired) electrons. The van der Waals surface area contributed by atoms with Crippen LogP contribution in [-0.4, -0.2) is 30.4 Å². The van der Waals surface area contributed by atoms with Crippen molar-refractivity contribution in [3.8, 4) is 11.5 Å². The smallest absolute Gasteiger partial charge is 0.256 e. The third-order valence-corrected chi connectivity index (χ3v) is 5.77. The molecular formula is C22H26ClFN2O2. The van der Waals surface area contributed by atoms with Crippen LogP contribution in [0.4, 0.5) is 4.39 Å². The molecule has 4 rings (SSSR count). The molecule has 28 heavy (non-hydrogen) atoms. The molecule has 2 fully saturated rings. The molecular weight excluding hydrogens is 379 g/mol. The Morgan fingerprint density at radius 1 is 1.07 bits per heavy atom. The minimum atomic E-state index is -0.497. The van der Waals surface area contributed by atoms with Crippen molar-refractivity contribution in [3.63, 3.8) is 0 Å². The number of fused-ring (bicyclic) bond motifs is 1. The Bertz CT molecular complexity index is 816. The molecule has 2 aromatic rings. The predicted octanol–water partition coefficient (Wildman–Crippen LogP) is 4.41. The summed E-state index contributed by atoms with van der Waals surface area (Å²) in [6.07, 6.45) is 4.42. The lowest BCUT2D eigenvalue weighted by atomic mass is 10.0. The van der Waals surface area contributed by atoms with Crippen LogP contribution in [0.1, 0.15) is 35.2 Å². The van der Waals surface area contributed by atoms with Gasteiger partial charge in [0, 0.05) is 13.1 Å². The van der Waals surface area contributed by atoms with Crippen molar-refractivity contribution in [1.82, 2.24) is 4.90 Å². The van der Waals surface area contributed by atoms with Crippen LogP contribution in [-0.2, 0) is 6.42 Å². The third-order valence-electron chi connectivity index (χ3n) is 5.77. The van der Waals surface area contributed by atoms with Gasteiger partial charge in [-0.25, -0.2) is 4.39 Å². The number of hydrogen-bond donors (Lipinski definition) is 1. The van der Waals surface area contributed by atoms with Gasteiger partial charge >= 0.3 is 0 Å². The number of nitrogens with zero attached hydrogens (tertiary/aromatic N) is 1. The van der Waals surface area contributed by atoms with Gasteiger partial charge in [0.2, 0.25) is 0 Å². The number of carbonyl (C=O) groups is 1. The minimum absolute atomic E-state index is 0. The highest BCUT2D eigenvalue weighted by atomic mass is 35.5. The maximum Gasteiger partial charge on any atom is 0.256 e. The lowest BCUT2D eigenvalue weighted by molar-refractivity contribution is 0.0775. The van der Waals surface area contributed by atoms with Crippen LogP contribution < -0.4 is 10.5 Å². The van der Waals surface area contributed by atoms with E-state index in [1.54, 1.807) is 11.0 Å². The van der Waals surface area contributed by atoms with E-state index < -0.39 is 5.82 Å². The summed E-state index contributed by atoms with van der Waals surface area (Å²) in [6.45, 7) is 2.09. The molecule has 0 aromatic heterocycles. The van der Waals surface area contributed by atoms with Gasteiger partial charge in [-0.15, -0.1) is 12.4 Å². The lowest BCUT2D eigenvalue weighted by Gasteiger charge is -2.18. The van der Waals surface area contributed by atoms with Gasteiger partial charge < -0.3 is 15.4 Å². The Labute approximate surface area is 171 Å². The third kappa shape index (κ3) is 4.31. The van der Waals surface area contributed by atoms with Crippen molar-refractivity contribution >= 4 is 18.3 Å². The van der Waals surface area contributed by atoms with Crippen molar-refractivity contribution in [3.05, 3.63) is 59.4 Å². The highest BCUT2D eigenvalue weighted by Gasteiger charge is 2.38. The Morgan fingerprint density at radius 3 is 2.36 bits per heavy atom. The largest absolute Gasteiger partial charge is 0.457 e. The van der Waals surface area contributed by atoms with Gasteiger partial charge in [0.15, 0.2) is 0 Å². The van der Waals surface area contributed by atoms with E-state index in [2.05, 4.69) is 0 Å². The predicted molar refractivity (Wildman–Crippen MR) is 110 cm³/mol. The first kappa shape index (κ1) is 20.6. The quantitative estimate of drug-likeness (QED) is 0.802. The maximum absolute atomic E-state index is 14.3. The van der Waals surface area contributed by atoms with E-state index in [0.29, 0.717) is 29.9 Å². The van der Waals surface area contributed by atoms with Crippen molar-refractivity contribution in [1.29, 1.82) is 0 Å². The first-order chi connectivity index (χ1) is 13.1. The van der Waals surface area contributed by atoms with Crippen LogP contribution in [0.3, 0.4) is 0 Å². The zero-order chi connectivity index (χ0) is 18.8. The molecule has 150 valence electrons. The normalized spacial score (nSPS) is 20.6. The van der Waals surface area contributed by atoms with E-state index >= 15 is 0 Å². The summed E-state index contributed by atoms with van der Waals surface area (Å²) in [6, 6.07) is 12.0. The Balaban J connectivity index is 0.00000225. The summed E-state index contributed by atoms with van der Waals surface area (Å²) in [5, 5.41) is 0. The molecule has 2 N–H and O–H groups in total. The summed E-state index contributed by atoms with van der Waals surface area (Å²) in [5.41, 5.74) is 6.79. The Morgan fingerprint density at radius 2 is 1.71 bits per heavy atom. The average molecular weight is 405 g/mol. The second kappa shape index (κ2) is 8.93. The second-order valence-electron chi connectivity index (χ2n) is 7.59. The number of ether oxygens (including phenoxy) is 1. The molecule has 0 spiro atoms. The molecule has 1 aliphatic heterocycles. The number of nitrogens with two attached hydrogens (primary N) is 1. The fourth-order valence-electron chi connectivity index (χ4n) is 4.33. The highest BCUT2D eigenvalue weighted by molar-refractivity contribution is 5.95. The second-order valence-corrected chi connectivity index (χ2v) is 7.59. The van der Waals surface area contributed by atoms with E-state index in [1.165, 1.54) is 31.4 Å². The molecule has 0 unspecified atom stereocenters. The molecule has 2 aliphatic rings. The van der Waals surface area contributed by atoms with Gasteiger partial charge in [0.1, 0.15) is 17.3 Å². The zero-order valence-corrected chi connectivity index (χ0v) is 16.6. The fourth-order valence-corrected chi connectivity index (χ4v) is 4.33. The molecule has 1 saturated heterocycles. The number of rotatable bonds is 5. The molecule has 4 nitrogen and oxygen atoms in total. The summed E-state index contributed by atoms with van der Waals surface area (Å²) in [4.78, 5) is 14.6. The van der Waals surface area contributed by atoms with Crippen molar-refractivity contribution in [2.45, 2.75) is 25.7 Å². The SMILES string of the molecule is Cl.NCCc1ccc(Oc2ccc(F)c(C(=O)N3C[C@H]4CCC[C@H]4C3)c2)cc1. The highest BCUT2D eigenvalue weighted by Crippen LogP contribution is 2.38. The van der Waals surface area contributed by atoms with Crippen molar-refractivity contribution in [2.75, 3.05) is 19.6 Å². The molecule has 2 aromatic carbocycles. The average Bonchev–Trinajstić information content (AvgIpc) is 3.27. The molecule has 2 atom stereocenters. The van der Waals surface area contributed by atoms with Crippen LogP contribution in [0, 0.1) is 17.7 Å². The van der Waals surface area contributed by atoms with E-state index in [0.717, 1.165) is 25.1 Å². The van der Waals surface area contributed by atoms with Crippen LogP contribution in [0.25, 0.3) is 0 Å². The van der Waals surface area contributed by atoms with Gasteiger partial charge in [0.05, 0.1) is 5.56 Å². The molecule has 0 bridgehead atoms. The van der Waals surface area contributed by atoms with E-state index in [1.807, 2.05) is 24.3 Å². The van der Waals surface area contributed by atoms with Crippen molar-refractivity contribution < 1.29 is 13.9 Å². The van der Waals surface area contributed by atoms with E-state index in [-0.39, 0.29) is 23.9 Å². The first-order valence-electron chi connectivity index (χ1n) is 9.69. The molecule has 1 saturated carbocycles. The number of halogens is 2. The first-order valence-corrected chi connectivity index (χ1v) is 9.69. The summed E-state index contributed by atoms with van der Waals surface area (Å²) < 4.78 is 20.2. The standard InChI is InChI=1S/C22H25FN2O2.ClH/c23-21-9-8-19(27-18-6-4-15(5-7-18)10-11-24)12-20(21)22(26)25-13-16-2-1-3-17(16)14-25;/h4-9,12,16-17H,1-3,10-11,13-14,24H2;1H/t16-,17+;. The van der Waals surface area contributed by atoms with Crippen LogP contribution >= 0.6 is 12.4 Å².